The molecule has 1 N–H and O–H groups in total. The van der Waals surface area contributed by atoms with Gasteiger partial charge in [0, 0.05) is 49.5 Å². The highest BCUT2D eigenvalue weighted by Gasteiger charge is 2.23. The van der Waals surface area contributed by atoms with Gasteiger partial charge in [0.15, 0.2) is 0 Å². The fourth-order valence-corrected chi connectivity index (χ4v) is 3.06. The second-order valence-electron chi connectivity index (χ2n) is 6.83. The summed E-state index contributed by atoms with van der Waals surface area (Å²) >= 11 is 0. The van der Waals surface area contributed by atoms with E-state index in [0.717, 1.165) is 25.3 Å². The van der Waals surface area contributed by atoms with Crippen molar-refractivity contribution in [2.24, 2.45) is 0 Å². The average Bonchev–Trinajstić information content (AvgIpc) is 2.74. The molecule has 1 aromatic heterocycles. The molecule has 1 aliphatic rings. The molecule has 1 unspecified atom stereocenters. The highest BCUT2D eigenvalue weighted by molar-refractivity contribution is 5.99. The molecule has 0 radical (unpaired) electrons. The van der Waals surface area contributed by atoms with Crippen LogP contribution in [0.15, 0.2) is 48.7 Å². The normalized spacial score (nSPS) is 15.3. The number of hydrogen-bond acceptors (Lipinski definition) is 4. The van der Waals surface area contributed by atoms with Gasteiger partial charge in [0.1, 0.15) is 5.82 Å². The summed E-state index contributed by atoms with van der Waals surface area (Å²) in [5.74, 6) is 0.765. The molecule has 1 fully saturated rings. The van der Waals surface area contributed by atoms with Crippen LogP contribution in [0, 0.1) is 0 Å². The van der Waals surface area contributed by atoms with Crippen molar-refractivity contribution in [1.82, 2.24) is 15.2 Å². The van der Waals surface area contributed by atoms with E-state index in [0.29, 0.717) is 24.2 Å². The maximum Gasteiger partial charge on any atom is 0.253 e. The highest BCUT2D eigenvalue weighted by Crippen LogP contribution is 2.15. The number of carbonyl (C=O) groups excluding carboxylic acids is 2. The first-order valence-electron chi connectivity index (χ1n) is 9.44. The van der Waals surface area contributed by atoms with Gasteiger partial charge >= 0.3 is 0 Å². The van der Waals surface area contributed by atoms with Gasteiger partial charge in [-0.25, -0.2) is 4.98 Å². The molecule has 6 nitrogen and oxygen atoms in total. The zero-order valence-corrected chi connectivity index (χ0v) is 15.9. The van der Waals surface area contributed by atoms with Crippen molar-refractivity contribution in [3.8, 4) is 0 Å². The van der Waals surface area contributed by atoms with Crippen LogP contribution in [0.1, 0.15) is 41.0 Å². The molecule has 3 rings (SSSR count). The van der Waals surface area contributed by atoms with Crippen LogP contribution >= 0.6 is 0 Å². The van der Waals surface area contributed by atoms with Crippen LogP contribution in [-0.2, 0) is 0 Å². The predicted molar refractivity (Wildman–Crippen MR) is 106 cm³/mol. The van der Waals surface area contributed by atoms with Crippen molar-refractivity contribution in [2.45, 2.75) is 26.3 Å². The monoisotopic (exact) mass is 366 g/mol. The molecule has 0 aliphatic carbocycles. The molecule has 6 heteroatoms. The molecule has 1 aliphatic heterocycles. The third kappa shape index (κ3) is 4.64. The van der Waals surface area contributed by atoms with Gasteiger partial charge < -0.3 is 15.1 Å². The van der Waals surface area contributed by atoms with Crippen molar-refractivity contribution in [1.29, 1.82) is 0 Å². The quantitative estimate of drug-likeness (QED) is 0.883. The molecule has 27 heavy (non-hydrogen) atoms. The van der Waals surface area contributed by atoms with E-state index in [1.807, 2.05) is 36.9 Å². The molecular weight excluding hydrogens is 340 g/mol. The Kier molecular flexibility index (Phi) is 6.06. The van der Waals surface area contributed by atoms with Crippen molar-refractivity contribution >= 4 is 17.6 Å². The fourth-order valence-electron chi connectivity index (χ4n) is 3.06. The number of pyridine rings is 1. The summed E-state index contributed by atoms with van der Waals surface area (Å²) in [7, 11) is 0. The number of hydrogen-bond donors (Lipinski definition) is 1. The Morgan fingerprint density at radius 3 is 2.48 bits per heavy atom. The van der Waals surface area contributed by atoms with E-state index < -0.39 is 0 Å². The first-order chi connectivity index (χ1) is 13.1. The van der Waals surface area contributed by atoms with Gasteiger partial charge in [0.05, 0.1) is 0 Å². The molecule has 2 amide bonds. The number of aromatic nitrogens is 1. The smallest absolute Gasteiger partial charge is 0.253 e. The minimum Gasteiger partial charge on any atom is -0.353 e. The Morgan fingerprint density at radius 1 is 1.07 bits per heavy atom. The molecule has 2 aromatic rings. The lowest BCUT2D eigenvalue weighted by atomic mass is 10.1. The third-order valence-corrected chi connectivity index (χ3v) is 4.90. The highest BCUT2D eigenvalue weighted by atomic mass is 16.2. The number of nitrogens with one attached hydrogen (secondary N) is 1. The van der Waals surface area contributed by atoms with Gasteiger partial charge in [0.25, 0.3) is 11.8 Å². The molecule has 142 valence electrons. The first kappa shape index (κ1) is 18.9. The van der Waals surface area contributed by atoms with Crippen molar-refractivity contribution < 1.29 is 9.59 Å². The Morgan fingerprint density at radius 2 is 1.81 bits per heavy atom. The molecule has 2 heterocycles. The predicted octanol–water partition coefficient (Wildman–Crippen LogP) is 2.57. The summed E-state index contributed by atoms with van der Waals surface area (Å²) in [6.07, 6.45) is 2.65. The summed E-state index contributed by atoms with van der Waals surface area (Å²) < 4.78 is 0. The van der Waals surface area contributed by atoms with Crippen LogP contribution in [0.25, 0.3) is 0 Å². The Balaban J connectivity index is 1.63. The molecule has 1 atom stereocenters. The van der Waals surface area contributed by atoms with Crippen LogP contribution in [0.2, 0.25) is 0 Å². The zero-order valence-electron chi connectivity index (χ0n) is 15.9. The van der Waals surface area contributed by atoms with Crippen LogP contribution in [0.3, 0.4) is 0 Å². The van der Waals surface area contributed by atoms with E-state index in [1.54, 1.807) is 30.5 Å². The minimum atomic E-state index is -0.140. The minimum absolute atomic E-state index is 0.0335. The molecule has 0 saturated carbocycles. The molecule has 1 saturated heterocycles. The zero-order chi connectivity index (χ0) is 19.2. The van der Waals surface area contributed by atoms with E-state index in [2.05, 4.69) is 15.2 Å². The van der Waals surface area contributed by atoms with Gasteiger partial charge in [-0.05, 0) is 43.7 Å². The van der Waals surface area contributed by atoms with Gasteiger partial charge in [-0.3, -0.25) is 9.59 Å². The van der Waals surface area contributed by atoms with E-state index in [9.17, 15) is 9.59 Å². The van der Waals surface area contributed by atoms with Crippen LogP contribution in [0.5, 0.6) is 0 Å². The fraction of sp³-hybridized carbons (Fsp3) is 0.381. The number of nitrogens with zero attached hydrogens (tertiary/aromatic N) is 3. The van der Waals surface area contributed by atoms with Gasteiger partial charge in [-0.2, -0.15) is 0 Å². The van der Waals surface area contributed by atoms with Crippen LogP contribution in [-0.4, -0.2) is 53.9 Å². The van der Waals surface area contributed by atoms with Gasteiger partial charge in [-0.15, -0.1) is 0 Å². The Hall–Kier alpha value is -2.89. The standard InChI is InChI=1S/C21H26N4O2/c1-3-16(2)23-20(26)17-7-6-8-18(15-17)21(27)25-13-11-24(12-14-25)19-9-4-5-10-22-19/h4-10,15-16H,3,11-14H2,1-2H3,(H,23,26). The maximum atomic E-state index is 12.9. The Labute approximate surface area is 160 Å². The summed E-state index contributed by atoms with van der Waals surface area (Å²) in [5.41, 5.74) is 1.08. The molecule has 0 spiro atoms. The summed E-state index contributed by atoms with van der Waals surface area (Å²) in [5, 5.41) is 2.94. The largest absolute Gasteiger partial charge is 0.353 e. The second kappa shape index (κ2) is 8.66. The van der Waals surface area contributed by atoms with E-state index in [1.165, 1.54) is 0 Å². The van der Waals surface area contributed by atoms with E-state index in [-0.39, 0.29) is 17.9 Å². The maximum absolute atomic E-state index is 12.9. The number of carbonyl (C=O) groups is 2. The number of amides is 2. The van der Waals surface area contributed by atoms with Gasteiger partial charge in [-0.1, -0.05) is 19.1 Å². The average molecular weight is 366 g/mol. The number of anilines is 1. The van der Waals surface area contributed by atoms with E-state index >= 15 is 0 Å². The van der Waals surface area contributed by atoms with Crippen molar-refractivity contribution in [3.05, 3.63) is 59.8 Å². The van der Waals surface area contributed by atoms with Crippen LogP contribution < -0.4 is 10.2 Å². The molecule has 0 bridgehead atoms. The molecular formula is C21H26N4O2. The lowest BCUT2D eigenvalue weighted by Crippen LogP contribution is -2.49. The third-order valence-electron chi connectivity index (χ3n) is 4.90. The lowest BCUT2D eigenvalue weighted by molar-refractivity contribution is 0.0746. The van der Waals surface area contributed by atoms with Crippen LogP contribution in [0.4, 0.5) is 5.82 Å². The second-order valence-corrected chi connectivity index (χ2v) is 6.83. The number of rotatable bonds is 5. The topological polar surface area (TPSA) is 65.5 Å². The first-order valence-corrected chi connectivity index (χ1v) is 9.44. The summed E-state index contributed by atoms with van der Waals surface area (Å²) in [6.45, 7) is 6.76. The summed E-state index contributed by atoms with van der Waals surface area (Å²) in [4.78, 5) is 33.6. The SMILES string of the molecule is CCC(C)NC(=O)c1cccc(C(=O)N2CCN(c3ccccn3)CC2)c1. The van der Waals surface area contributed by atoms with Crippen molar-refractivity contribution in [3.63, 3.8) is 0 Å². The summed E-state index contributed by atoms with van der Waals surface area (Å²) in [6, 6.07) is 12.9. The van der Waals surface area contributed by atoms with Crippen molar-refractivity contribution in [2.75, 3.05) is 31.1 Å². The Bertz CT molecular complexity index is 786. The van der Waals surface area contributed by atoms with E-state index in [4.69, 9.17) is 0 Å². The number of piperazine rings is 1. The van der Waals surface area contributed by atoms with Gasteiger partial charge in [0.2, 0.25) is 0 Å². The number of benzene rings is 1. The lowest BCUT2D eigenvalue weighted by Gasteiger charge is -2.35. The molecule has 1 aromatic carbocycles.